The Morgan fingerprint density at radius 1 is 0.297 bits per heavy atom. The Morgan fingerprint density at radius 2 is 0.828 bits per heavy atom. The molecule has 0 N–H and O–H groups in total. The van der Waals surface area contributed by atoms with Crippen LogP contribution in [0, 0.1) is 0 Å². The summed E-state index contributed by atoms with van der Waals surface area (Å²) >= 11 is 0. The Labute approximate surface area is 364 Å². The van der Waals surface area contributed by atoms with Gasteiger partial charge in [0.25, 0.3) is 0 Å². The van der Waals surface area contributed by atoms with Crippen LogP contribution in [0.2, 0.25) is 0 Å². The van der Waals surface area contributed by atoms with E-state index in [0.717, 1.165) is 82.5 Å². The summed E-state index contributed by atoms with van der Waals surface area (Å²) in [6.07, 6.45) is 0. The molecule has 0 aliphatic heterocycles. The van der Waals surface area contributed by atoms with Crippen LogP contribution in [-0.2, 0) is 5.41 Å². The number of hydrogen-bond acceptors (Lipinski definition) is 6. The van der Waals surface area contributed by atoms with Crippen molar-refractivity contribution in [3.05, 3.63) is 210 Å². The fraction of sp³-hybridized carbons (Fsp3) is 0.0172. The highest BCUT2D eigenvalue weighted by Crippen LogP contribution is 2.65. The van der Waals surface area contributed by atoms with E-state index < -0.39 is 5.41 Å². The summed E-state index contributed by atoms with van der Waals surface area (Å²) in [6.45, 7) is 0. The Hall–Kier alpha value is -8.61. The molecule has 0 fully saturated rings. The second-order valence-corrected chi connectivity index (χ2v) is 17.0. The maximum atomic E-state index is 6.95. The van der Waals surface area contributed by atoms with E-state index in [0.29, 0.717) is 17.5 Å². The average Bonchev–Trinajstić information content (AvgIpc) is 4.15. The number of para-hydroxylation sites is 2. The molecule has 0 atom stereocenters. The molecule has 0 unspecified atom stereocenters. The summed E-state index contributed by atoms with van der Waals surface area (Å²) in [5, 5.41) is 6.44. The van der Waals surface area contributed by atoms with Gasteiger partial charge < -0.3 is 13.3 Å². The van der Waals surface area contributed by atoms with E-state index in [4.69, 9.17) is 28.2 Å². The molecule has 0 amide bonds. The molecule has 4 heterocycles. The van der Waals surface area contributed by atoms with Gasteiger partial charge in [-0.3, -0.25) is 0 Å². The SMILES string of the molecule is c1ccc(-c2nc(-c3ccc4c(c3)oc3ccc5c(c34)C3(c4ccccc4-c4ccccc43)c3cc4oc6ccccc6c4cc3-5)nc(-c3ccc4oc5ccccc5c4c3)n2)cc1. The van der Waals surface area contributed by atoms with E-state index >= 15 is 0 Å². The van der Waals surface area contributed by atoms with Gasteiger partial charge in [-0.15, -0.1) is 0 Å². The standard InChI is InChI=1S/C58H31N3O3/c1-2-12-32(13-3-1)55-59-56(33-23-26-49-42(28-33)37-16-6-10-20-47(37)62-49)61-57(60-55)34-22-24-40-51(29-34)64-50-27-25-39-41-30-43-38-17-7-11-21-48(38)63-52(43)31-46(41)58(54(39)53(40)50)44-18-8-4-14-35(44)36-15-5-9-19-45(36)58/h1-31H. The summed E-state index contributed by atoms with van der Waals surface area (Å²) < 4.78 is 19.7. The van der Waals surface area contributed by atoms with Gasteiger partial charge in [-0.2, -0.15) is 0 Å². The third-order valence-electron chi connectivity index (χ3n) is 13.7. The van der Waals surface area contributed by atoms with Crippen LogP contribution in [0.1, 0.15) is 22.3 Å². The van der Waals surface area contributed by atoms with Crippen LogP contribution in [0.5, 0.6) is 0 Å². The van der Waals surface area contributed by atoms with Gasteiger partial charge in [-0.1, -0.05) is 127 Å². The fourth-order valence-corrected chi connectivity index (χ4v) is 11.1. The molecule has 64 heavy (non-hydrogen) atoms. The van der Waals surface area contributed by atoms with Gasteiger partial charge in [0, 0.05) is 49.0 Å². The first-order valence-corrected chi connectivity index (χ1v) is 21.6. The minimum Gasteiger partial charge on any atom is -0.456 e. The van der Waals surface area contributed by atoms with Crippen molar-refractivity contribution in [2.45, 2.75) is 5.41 Å². The zero-order valence-electron chi connectivity index (χ0n) is 34.0. The predicted octanol–water partition coefficient (Wildman–Crippen LogP) is 14.9. The Morgan fingerprint density at radius 3 is 1.56 bits per heavy atom. The van der Waals surface area contributed by atoms with Gasteiger partial charge in [0.15, 0.2) is 17.5 Å². The molecule has 0 saturated heterocycles. The highest BCUT2D eigenvalue weighted by Gasteiger charge is 2.53. The smallest absolute Gasteiger partial charge is 0.164 e. The molecular weight excluding hydrogens is 787 g/mol. The third kappa shape index (κ3) is 4.41. The molecular formula is C58H31N3O3. The van der Waals surface area contributed by atoms with Crippen molar-refractivity contribution in [1.29, 1.82) is 0 Å². The zero-order valence-corrected chi connectivity index (χ0v) is 34.0. The molecule has 9 aromatic carbocycles. The maximum absolute atomic E-state index is 6.95. The van der Waals surface area contributed by atoms with Crippen molar-refractivity contribution in [3.63, 3.8) is 0 Å². The van der Waals surface area contributed by atoms with Crippen LogP contribution >= 0.6 is 0 Å². The first kappa shape index (κ1) is 34.0. The Balaban J connectivity index is 0.972. The lowest BCUT2D eigenvalue weighted by Gasteiger charge is -2.31. The van der Waals surface area contributed by atoms with E-state index in [-0.39, 0.29) is 0 Å². The van der Waals surface area contributed by atoms with Crippen molar-refractivity contribution in [3.8, 4) is 56.4 Å². The topological polar surface area (TPSA) is 78.1 Å². The van der Waals surface area contributed by atoms with Crippen molar-refractivity contribution in [2.75, 3.05) is 0 Å². The van der Waals surface area contributed by atoms with Gasteiger partial charge >= 0.3 is 0 Å². The van der Waals surface area contributed by atoms with Gasteiger partial charge in [0.1, 0.15) is 33.5 Å². The first-order chi connectivity index (χ1) is 31.7. The van der Waals surface area contributed by atoms with Gasteiger partial charge in [-0.05, 0) is 105 Å². The van der Waals surface area contributed by atoms with Crippen LogP contribution in [0.3, 0.4) is 0 Å². The van der Waals surface area contributed by atoms with Crippen molar-refractivity contribution < 1.29 is 13.3 Å². The molecule has 0 bridgehead atoms. The van der Waals surface area contributed by atoms with E-state index in [1.807, 2.05) is 66.7 Å². The van der Waals surface area contributed by atoms with E-state index in [1.54, 1.807) is 0 Å². The normalized spacial score (nSPS) is 13.4. The second-order valence-electron chi connectivity index (χ2n) is 17.0. The van der Waals surface area contributed by atoms with Gasteiger partial charge in [-0.25, -0.2) is 15.0 Å². The molecule has 15 rings (SSSR count). The summed E-state index contributed by atoms with van der Waals surface area (Å²) in [5.74, 6) is 1.73. The van der Waals surface area contributed by atoms with Crippen LogP contribution in [-0.4, -0.2) is 15.0 Å². The molecule has 4 aromatic heterocycles. The molecule has 1 spiro atoms. The first-order valence-electron chi connectivity index (χ1n) is 21.6. The maximum Gasteiger partial charge on any atom is 0.164 e. The quantitative estimate of drug-likeness (QED) is 0.177. The number of benzene rings is 9. The molecule has 2 aliphatic rings. The van der Waals surface area contributed by atoms with Crippen LogP contribution in [0.25, 0.3) is 122 Å². The fourth-order valence-electron chi connectivity index (χ4n) is 11.1. The molecule has 13 aromatic rings. The number of nitrogens with zero attached hydrogens (tertiary/aromatic N) is 3. The lowest BCUT2D eigenvalue weighted by molar-refractivity contribution is 0.666. The molecule has 296 valence electrons. The Bertz CT molecular complexity index is 4110. The van der Waals surface area contributed by atoms with Gasteiger partial charge in [0.2, 0.25) is 0 Å². The third-order valence-corrected chi connectivity index (χ3v) is 13.7. The van der Waals surface area contributed by atoms with Crippen molar-refractivity contribution in [2.24, 2.45) is 0 Å². The lowest BCUT2D eigenvalue weighted by atomic mass is 9.69. The lowest BCUT2D eigenvalue weighted by Crippen LogP contribution is -2.26. The molecule has 6 heteroatoms. The zero-order chi connectivity index (χ0) is 41.7. The average molecular weight is 818 g/mol. The Kier molecular flexibility index (Phi) is 6.53. The van der Waals surface area contributed by atoms with Crippen molar-refractivity contribution >= 4 is 65.8 Å². The number of fused-ring (bicyclic) bond motifs is 20. The molecule has 0 saturated carbocycles. The van der Waals surface area contributed by atoms with Crippen LogP contribution < -0.4 is 0 Å². The van der Waals surface area contributed by atoms with Crippen LogP contribution in [0.4, 0.5) is 0 Å². The summed E-state index contributed by atoms with van der Waals surface area (Å²) in [7, 11) is 0. The molecule has 0 radical (unpaired) electrons. The summed E-state index contributed by atoms with van der Waals surface area (Å²) in [5.41, 5.74) is 16.9. The van der Waals surface area contributed by atoms with Crippen molar-refractivity contribution in [1.82, 2.24) is 15.0 Å². The van der Waals surface area contributed by atoms with E-state index in [1.165, 1.54) is 44.5 Å². The van der Waals surface area contributed by atoms with Gasteiger partial charge in [0.05, 0.1) is 5.41 Å². The number of furan rings is 3. The van der Waals surface area contributed by atoms with Crippen LogP contribution in [0.15, 0.2) is 201 Å². The summed E-state index contributed by atoms with van der Waals surface area (Å²) in [4.78, 5) is 15.3. The minimum atomic E-state index is -0.616. The minimum absolute atomic E-state index is 0.561. The highest BCUT2D eigenvalue weighted by molar-refractivity contribution is 6.16. The molecule has 2 aliphatic carbocycles. The largest absolute Gasteiger partial charge is 0.456 e. The monoisotopic (exact) mass is 817 g/mol. The number of rotatable bonds is 3. The molecule has 6 nitrogen and oxygen atoms in total. The second kappa shape index (κ2) is 12.3. The van der Waals surface area contributed by atoms with E-state index in [2.05, 4.69) is 121 Å². The highest BCUT2D eigenvalue weighted by atomic mass is 16.3. The predicted molar refractivity (Wildman–Crippen MR) is 254 cm³/mol. The summed E-state index contributed by atoms with van der Waals surface area (Å²) in [6, 6.07) is 65.9. The van der Waals surface area contributed by atoms with E-state index in [9.17, 15) is 0 Å². The number of aromatic nitrogens is 3. The number of hydrogen-bond donors (Lipinski definition) is 0.